The first kappa shape index (κ1) is 15.3. The minimum Gasteiger partial charge on any atom is -0.361 e. The van der Waals surface area contributed by atoms with E-state index in [1.54, 1.807) is 0 Å². The molecule has 1 aliphatic rings. The lowest BCUT2D eigenvalue weighted by molar-refractivity contribution is 0.236. The Morgan fingerprint density at radius 1 is 1.27 bits per heavy atom. The standard InChI is InChI=1S/C19H26N2O/c1-4-6-17-12-18(20-22-17)19-7-5-10-21(19)13-16-11-14(2)8-9-15(16)3/h8-9,11-12,19H,4-7,10,13H2,1-3H3. The lowest BCUT2D eigenvalue weighted by atomic mass is 10.0. The summed E-state index contributed by atoms with van der Waals surface area (Å²) in [6.07, 6.45) is 4.51. The van der Waals surface area contributed by atoms with Gasteiger partial charge in [-0.2, -0.15) is 0 Å². The van der Waals surface area contributed by atoms with E-state index in [4.69, 9.17) is 4.52 Å². The molecule has 0 radical (unpaired) electrons. The average molecular weight is 298 g/mol. The molecule has 22 heavy (non-hydrogen) atoms. The topological polar surface area (TPSA) is 29.3 Å². The Morgan fingerprint density at radius 2 is 2.14 bits per heavy atom. The number of aryl methyl sites for hydroxylation is 3. The minimum atomic E-state index is 0.411. The number of hydrogen-bond acceptors (Lipinski definition) is 3. The number of hydrogen-bond donors (Lipinski definition) is 0. The van der Waals surface area contributed by atoms with Gasteiger partial charge in [0, 0.05) is 19.0 Å². The highest BCUT2D eigenvalue weighted by atomic mass is 16.5. The zero-order chi connectivity index (χ0) is 15.5. The molecule has 3 nitrogen and oxygen atoms in total. The van der Waals surface area contributed by atoms with Crippen molar-refractivity contribution in [1.82, 2.24) is 10.1 Å². The van der Waals surface area contributed by atoms with E-state index >= 15 is 0 Å². The Morgan fingerprint density at radius 3 is 2.95 bits per heavy atom. The summed E-state index contributed by atoms with van der Waals surface area (Å²) in [6, 6.07) is 9.31. The molecule has 0 amide bonds. The highest BCUT2D eigenvalue weighted by Crippen LogP contribution is 2.33. The van der Waals surface area contributed by atoms with E-state index in [0.717, 1.165) is 37.4 Å². The lowest BCUT2D eigenvalue weighted by Crippen LogP contribution is -2.23. The highest BCUT2D eigenvalue weighted by Gasteiger charge is 2.28. The predicted octanol–water partition coefficient (Wildman–Crippen LogP) is 4.58. The van der Waals surface area contributed by atoms with Gasteiger partial charge in [-0.05, 0) is 50.8 Å². The molecule has 3 heteroatoms. The molecule has 0 N–H and O–H groups in total. The number of nitrogens with zero attached hydrogens (tertiary/aromatic N) is 2. The fourth-order valence-electron chi connectivity index (χ4n) is 3.39. The van der Waals surface area contributed by atoms with Crippen molar-refractivity contribution in [1.29, 1.82) is 0 Å². The van der Waals surface area contributed by atoms with Gasteiger partial charge in [-0.1, -0.05) is 35.8 Å². The van der Waals surface area contributed by atoms with E-state index in [9.17, 15) is 0 Å². The van der Waals surface area contributed by atoms with Crippen molar-refractivity contribution in [2.45, 2.75) is 59.0 Å². The van der Waals surface area contributed by atoms with Crippen molar-refractivity contribution in [3.8, 4) is 0 Å². The van der Waals surface area contributed by atoms with Gasteiger partial charge in [-0.15, -0.1) is 0 Å². The fraction of sp³-hybridized carbons (Fsp3) is 0.526. The summed E-state index contributed by atoms with van der Waals surface area (Å²) >= 11 is 0. The molecule has 1 atom stereocenters. The molecule has 1 aromatic heterocycles. The number of benzene rings is 1. The van der Waals surface area contributed by atoms with E-state index in [2.05, 4.69) is 55.1 Å². The molecule has 2 heterocycles. The SMILES string of the molecule is CCCc1cc(C2CCCN2Cc2cc(C)ccc2C)no1. The van der Waals surface area contributed by atoms with Crippen LogP contribution in [0.4, 0.5) is 0 Å². The average Bonchev–Trinajstić information content (AvgIpc) is 3.12. The van der Waals surface area contributed by atoms with Crippen LogP contribution < -0.4 is 0 Å². The Kier molecular flexibility index (Phi) is 4.63. The van der Waals surface area contributed by atoms with Gasteiger partial charge < -0.3 is 4.52 Å². The zero-order valence-corrected chi connectivity index (χ0v) is 13.9. The predicted molar refractivity (Wildman–Crippen MR) is 88.8 cm³/mol. The van der Waals surface area contributed by atoms with Crippen molar-refractivity contribution in [2.24, 2.45) is 0 Å². The maximum absolute atomic E-state index is 5.48. The normalized spacial score (nSPS) is 19.0. The first-order valence-electron chi connectivity index (χ1n) is 8.43. The van der Waals surface area contributed by atoms with Gasteiger partial charge in [-0.25, -0.2) is 0 Å². The zero-order valence-electron chi connectivity index (χ0n) is 13.9. The van der Waals surface area contributed by atoms with Gasteiger partial charge in [0.1, 0.15) is 11.5 Å². The lowest BCUT2D eigenvalue weighted by Gasteiger charge is -2.23. The van der Waals surface area contributed by atoms with Crippen molar-refractivity contribution in [3.63, 3.8) is 0 Å². The Hall–Kier alpha value is -1.61. The van der Waals surface area contributed by atoms with Crippen LogP contribution in [0.2, 0.25) is 0 Å². The first-order chi connectivity index (χ1) is 10.7. The Bertz CT molecular complexity index is 632. The summed E-state index contributed by atoms with van der Waals surface area (Å²) in [6.45, 7) is 8.70. The van der Waals surface area contributed by atoms with Crippen LogP contribution in [0.3, 0.4) is 0 Å². The second kappa shape index (κ2) is 6.66. The van der Waals surface area contributed by atoms with Crippen LogP contribution in [0.1, 0.15) is 60.4 Å². The summed E-state index contributed by atoms with van der Waals surface area (Å²) in [5, 5.41) is 4.33. The van der Waals surface area contributed by atoms with E-state index in [1.807, 2.05) is 0 Å². The fourth-order valence-corrected chi connectivity index (χ4v) is 3.39. The molecule has 1 aliphatic heterocycles. The second-order valence-electron chi connectivity index (χ2n) is 6.53. The van der Waals surface area contributed by atoms with Crippen LogP contribution in [-0.2, 0) is 13.0 Å². The largest absolute Gasteiger partial charge is 0.361 e. The van der Waals surface area contributed by atoms with Gasteiger partial charge in [0.2, 0.25) is 0 Å². The second-order valence-corrected chi connectivity index (χ2v) is 6.53. The van der Waals surface area contributed by atoms with Gasteiger partial charge in [0.05, 0.1) is 6.04 Å². The molecular weight excluding hydrogens is 272 g/mol. The molecule has 1 unspecified atom stereocenters. The molecule has 0 saturated carbocycles. The summed E-state index contributed by atoms with van der Waals surface area (Å²) in [5.74, 6) is 1.02. The Balaban J connectivity index is 1.76. The molecule has 0 aliphatic carbocycles. The van der Waals surface area contributed by atoms with Gasteiger partial charge in [0.15, 0.2) is 0 Å². The van der Waals surface area contributed by atoms with Crippen LogP contribution in [0.25, 0.3) is 0 Å². The molecule has 2 aromatic rings. The van der Waals surface area contributed by atoms with Crippen molar-refractivity contribution in [3.05, 3.63) is 52.4 Å². The monoisotopic (exact) mass is 298 g/mol. The van der Waals surface area contributed by atoms with Crippen LogP contribution in [0, 0.1) is 13.8 Å². The third kappa shape index (κ3) is 3.25. The first-order valence-corrected chi connectivity index (χ1v) is 8.43. The molecule has 0 bridgehead atoms. The van der Waals surface area contributed by atoms with Gasteiger partial charge >= 0.3 is 0 Å². The quantitative estimate of drug-likeness (QED) is 0.809. The molecule has 1 aromatic carbocycles. The third-order valence-corrected chi connectivity index (χ3v) is 4.66. The third-order valence-electron chi connectivity index (χ3n) is 4.66. The minimum absolute atomic E-state index is 0.411. The Labute approximate surface area is 133 Å². The van der Waals surface area contributed by atoms with Gasteiger partial charge in [0.25, 0.3) is 0 Å². The maximum Gasteiger partial charge on any atom is 0.137 e. The molecule has 118 valence electrons. The summed E-state index contributed by atoms with van der Waals surface area (Å²) < 4.78 is 5.48. The summed E-state index contributed by atoms with van der Waals surface area (Å²) in [4.78, 5) is 2.55. The molecule has 1 fully saturated rings. The van der Waals surface area contributed by atoms with E-state index in [-0.39, 0.29) is 0 Å². The number of rotatable bonds is 5. The summed E-state index contributed by atoms with van der Waals surface area (Å²) in [7, 11) is 0. The molecule has 3 rings (SSSR count). The highest BCUT2D eigenvalue weighted by molar-refractivity contribution is 5.30. The van der Waals surface area contributed by atoms with E-state index < -0.39 is 0 Å². The smallest absolute Gasteiger partial charge is 0.137 e. The maximum atomic E-state index is 5.48. The van der Waals surface area contributed by atoms with Gasteiger partial charge in [-0.3, -0.25) is 4.90 Å². The van der Waals surface area contributed by atoms with Crippen molar-refractivity contribution < 1.29 is 4.52 Å². The summed E-state index contributed by atoms with van der Waals surface area (Å²) in [5.41, 5.74) is 5.27. The number of aromatic nitrogens is 1. The molecular formula is C19H26N2O. The number of likely N-dealkylation sites (tertiary alicyclic amines) is 1. The van der Waals surface area contributed by atoms with E-state index in [0.29, 0.717) is 6.04 Å². The van der Waals surface area contributed by atoms with Crippen LogP contribution >= 0.6 is 0 Å². The van der Waals surface area contributed by atoms with Crippen molar-refractivity contribution >= 4 is 0 Å². The van der Waals surface area contributed by atoms with Crippen LogP contribution in [0.15, 0.2) is 28.8 Å². The van der Waals surface area contributed by atoms with Crippen LogP contribution in [-0.4, -0.2) is 16.6 Å². The van der Waals surface area contributed by atoms with Crippen LogP contribution in [0.5, 0.6) is 0 Å². The molecule has 0 spiro atoms. The van der Waals surface area contributed by atoms with Crippen molar-refractivity contribution in [2.75, 3.05) is 6.54 Å². The molecule has 1 saturated heterocycles. The van der Waals surface area contributed by atoms with E-state index in [1.165, 1.54) is 29.5 Å².